The maximum atomic E-state index is 12.5. The Morgan fingerprint density at radius 3 is 2.88 bits per heavy atom. The Kier molecular flexibility index (Phi) is 4.47. The number of rotatable bonds is 3. The number of halogens is 1. The van der Waals surface area contributed by atoms with E-state index in [0.29, 0.717) is 10.7 Å². The fraction of sp³-hybridized carbons (Fsp3) is 0.158. The van der Waals surface area contributed by atoms with E-state index in [4.69, 9.17) is 9.72 Å². The molecule has 0 unspecified atom stereocenters. The second kappa shape index (κ2) is 6.76. The Morgan fingerprint density at radius 2 is 2.08 bits per heavy atom. The maximum Gasteiger partial charge on any atom is 0.258 e. The first-order chi connectivity index (χ1) is 12.2. The van der Waals surface area contributed by atoms with Gasteiger partial charge in [0.2, 0.25) is 0 Å². The smallest absolute Gasteiger partial charge is 0.258 e. The number of hydrogen-bond acceptors (Lipinski definition) is 4. The number of methoxy groups -OCH3 is 1. The van der Waals surface area contributed by atoms with Crippen molar-refractivity contribution in [3.63, 3.8) is 0 Å². The first-order valence-corrected chi connectivity index (χ1v) is 9.78. The first-order valence-electron chi connectivity index (χ1n) is 7.88. The van der Waals surface area contributed by atoms with Crippen LogP contribution in [-0.2, 0) is 12.8 Å². The van der Waals surface area contributed by atoms with Crippen LogP contribution in [0.15, 0.2) is 42.5 Å². The summed E-state index contributed by atoms with van der Waals surface area (Å²) >= 11 is 3.73. The minimum absolute atomic E-state index is 0.123. The highest BCUT2D eigenvalue weighted by Crippen LogP contribution is 2.39. The van der Waals surface area contributed by atoms with E-state index in [1.165, 1.54) is 10.4 Å². The van der Waals surface area contributed by atoms with E-state index in [-0.39, 0.29) is 5.91 Å². The molecule has 3 aromatic rings. The Balaban J connectivity index is 1.66. The zero-order chi connectivity index (χ0) is 17.4. The van der Waals surface area contributed by atoms with E-state index >= 15 is 0 Å². The molecule has 2 aromatic carbocycles. The largest absolute Gasteiger partial charge is 0.497 e. The fourth-order valence-electron chi connectivity index (χ4n) is 2.96. The van der Waals surface area contributed by atoms with Crippen molar-refractivity contribution in [1.29, 1.82) is 0 Å². The number of aromatic nitrogens is 1. The lowest BCUT2D eigenvalue weighted by molar-refractivity contribution is 0.102. The average Bonchev–Trinajstić information content (AvgIpc) is 3.04. The van der Waals surface area contributed by atoms with Gasteiger partial charge in [0.25, 0.3) is 5.91 Å². The molecule has 0 aliphatic heterocycles. The molecule has 4 rings (SSSR count). The van der Waals surface area contributed by atoms with Gasteiger partial charge in [-0.25, -0.2) is 4.98 Å². The highest BCUT2D eigenvalue weighted by atomic mass is 127. The zero-order valence-electron chi connectivity index (χ0n) is 13.5. The number of benzene rings is 2. The first kappa shape index (κ1) is 16.5. The molecule has 0 bridgehead atoms. The SMILES string of the molecule is COc1ccc2c(c1)-c1nc(NC(=O)c3ccccc3I)sc1CC2. The summed E-state index contributed by atoms with van der Waals surface area (Å²) in [7, 11) is 1.67. The number of anilines is 1. The average molecular weight is 462 g/mol. The van der Waals surface area contributed by atoms with Gasteiger partial charge in [0.15, 0.2) is 5.13 Å². The van der Waals surface area contributed by atoms with Gasteiger partial charge in [-0.1, -0.05) is 18.2 Å². The second-order valence-corrected chi connectivity index (χ2v) is 7.99. The molecule has 25 heavy (non-hydrogen) atoms. The third-order valence-electron chi connectivity index (χ3n) is 4.23. The predicted octanol–water partition coefficient (Wildman–Crippen LogP) is 4.77. The van der Waals surface area contributed by atoms with Gasteiger partial charge in [-0.3, -0.25) is 10.1 Å². The van der Waals surface area contributed by atoms with Crippen molar-refractivity contribution in [3.8, 4) is 17.0 Å². The summed E-state index contributed by atoms with van der Waals surface area (Å²) in [5.74, 6) is 0.700. The van der Waals surface area contributed by atoms with Gasteiger partial charge >= 0.3 is 0 Å². The molecule has 4 nitrogen and oxygen atoms in total. The van der Waals surface area contributed by atoms with Gasteiger partial charge < -0.3 is 4.74 Å². The standard InChI is InChI=1S/C19H15IN2O2S/c1-24-12-8-6-11-7-9-16-17(14(11)10-12)21-19(25-16)22-18(23)13-4-2-3-5-15(13)20/h2-6,8,10H,7,9H2,1H3,(H,21,22,23). The molecular formula is C19H15IN2O2S. The molecule has 0 atom stereocenters. The topological polar surface area (TPSA) is 51.2 Å². The number of nitrogens with zero attached hydrogens (tertiary/aromatic N) is 1. The van der Waals surface area contributed by atoms with Gasteiger partial charge in [-0.15, -0.1) is 11.3 Å². The lowest BCUT2D eigenvalue weighted by Gasteiger charge is -2.15. The van der Waals surface area contributed by atoms with Crippen LogP contribution in [0.5, 0.6) is 5.75 Å². The lowest BCUT2D eigenvalue weighted by atomic mass is 9.93. The van der Waals surface area contributed by atoms with Crippen LogP contribution in [0.25, 0.3) is 11.3 Å². The third kappa shape index (κ3) is 3.16. The van der Waals surface area contributed by atoms with Crippen LogP contribution < -0.4 is 10.1 Å². The van der Waals surface area contributed by atoms with Crippen LogP contribution in [0.4, 0.5) is 5.13 Å². The van der Waals surface area contributed by atoms with Crippen molar-refractivity contribution >= 4 is 45.0 Å². The van der Waals surface area contributed by atoms with Gasteiger partial charge in [-0.2, -0.15) is 0 Å². The van der Waals surface area contributed by atoms with Crippen molar-refractivity contribution in [2.24, 2.45) is 0 Å². The van der Waals surface area contributed by atoms with E-state index in [2.05, 4.69) is 34.0 Å². The van der Waals surface area contributed by atoms with Crippen molar-refractivity contribution in [2.45, 2.75) is 12.8 Å². The summed E-state index contributed by atoms with van der Waals surface area (Å²) in [4.78, 5) is 18.4. The molecule has 0 saturated heterocycles. The van der Waals surface area contributed by atoms with Crippen LogP contribution in [-0.4, -0.2) is 18.0 Å². The van der Waals surface area contributed by atoms with Crippen LogP contribution in [0.2, 0.25) is 0 Å². The van der Waals surface area contributed by atoms with Crippen LogP contribution in [0.3, 0.4) is 0 Å². The number of thiazole rings is 1. The molecular weight excluding hydrogens is 447 g/mol. The number of nitrogens with one attached hydrogen (secondary N) is 1. The number of aryl methyl sites for hydroxylation is 2. The number of ether oxygens (including phenoxy) is 1. The summed E-state index contributed by atoms with van der Waals surface area (Å²) in [6, 6.07) is 13.6. The molecule has 1 aliphatic carbocycles. The predicted molar refractivity (Wildman–Crippen MR) is 109 cm³/mol. The van der Waals surface area contributed by atoms with E-state index in [9.17, 15) is 4.79 Å². The lowest BCUT2D eigenvalue weighted by Crippen LogP contribution is -2.13. The van der Waals surface area contributed by atoms with Crippen LogP contribution in [0.1, 0.15) is 20.8 Å². The van der Waals surface area contributed by atoms with Crippen molar-refractivity contribution in [1.82, 2.24) is 4.98 Å². The van der Waals surface area contributed by atoms with Gasteiger partial charge in [0, 0.05) is 14.0 Å². The molecule has 1 N–H and O–H groups in total. The molecule has 1 aliphatic rings. The summed E-state index contributed by atoms with van der Waals surface area (Å²) < 4.78 is 6.27. The van der Waals surface area contributed by atoms with Crippen molar-refractivity contribution in [2.75, 3.05) is 12.4 Å². The van der Waals surface area contributed by atoms with E-state index in [1.807, 2.05) is 36.4 Å². The van der Waals surface area contributed by atoms with Crippen molar-refractivity contribution in [3.05, 3.63) is 62.0 Å². The molecule has 126 valence electrons. The normalized spacial score (nSPS) is 12.2. The highest BCUT2D eigenvalue weighted by molar-refractivity contribution is 14.1. The number of amides is 1. The minimum atomic E-state index is -0.123. The van der Waals surface area contributed by atoms with Crippen LogP contribution in [0, 0.1) is 3.57 Å². The Hall–Kier alpha value is -1.93. The fourth-order valence-corrected chi connectivity index (χ4v) is 4.57. The van der Waals surface area contributed by atoms with E-state index < -0.39 is 0 Å². The van der Waals surface area contributed by atoms with Crippen LogP contribution >= 0.6 is 33.9 Å². The minimum Gasteiger partial charge on any atom is -0.497 e. The van der Waals surface area contributed by atoms with Crippen molar-refractivity contribution < 1.29 is 9.53 Å². The molecule has 1 heterocycles. The molecule has 0 spiro atoms. The summed E-state index contributed by atoms with van der Waals surface area (Å²) in [6.45, 7) is 0. The zero-order valence-corrected chi connectivity index (χ0v) is 16.5. The second-order valence-electron chi connectivity index (χ2n) is 5.75. The van der Waals surface area contributed by atoms with E-state index in [0.717, 1.165) is 33.4 Å². The number of hydrogen-bond donors (Lipinski definition) is 1. The number of carbonyl (C=O) groups excluding carboxylic acids is 1. The molecule has 1 aromatic heterocycles. The number of fused-ring (bicyclic) bond motifs is 3. The summed E-state index contributed by atoms with van der Waals surface area (Å²) in [5, 5.41) is 3.59. The quantitative estimate of drug-likeness (QED) is 0.571. The Labute approximate surface area is 163 Å². The summed E-state index contributed by atoms with van der Waals surface area (Å²) in [5.41, 5.74) is 4.00. The van der Waals surface area contributed by atoms with Gasteiger partial charge in [0.05, 0.1) is 18.4 Å². The monoisotopic (exact) mass is 462 g/mol. The third-order valence-corrected chi connectivity index (χ3v) is 6.20. The number of carbonyl (C=O) groups is 1. The van der Waals surface area contributed by atoms with E-state index in [1.54, 1.807) is 18.4 Å². The highest BCUT2D eigenvalue weighted by Gasteiger charge is 2.22. The molecule has 0 radical (unpaired) electrons. The Morgan fingerprint density at radius 1 is 1.24 bits per heavy atom. The molecule has 0 saturated carbocycles. The van der Waals surface area contributed by atoms with Gasteiger partial charge in [0.1, 0.15) is 5.75 Å². The summed E-state index contributed by atoms with van der Waals surface area (Å²) in [6.07, 6.45) is 1.93. The molecule has 1 amide bonds. The molecule has 6 heteroatoms. The Bertz CT molecular complexity index is 968. The molecule has 0 fully saturated rings. The van der Waals surface area contributed by atoms with Gasteiger partial charge in [-0.05, 0) is 65.3 Å². The maximum absolute atomic E-state index is 12.5.